The lowest BCUT2D eigenvalue weighted by molar-refractivity contribution is -0.127. The lowest BCUT2D eigenvalue weighted by Crippen LogP contribution is -2.42. The highest BCUT2D eigenvalue weighted by Crippen LogP contribution is 2.37. The standard InChI is InChI=1S/C25H23N3O4/c1-14-7-9-16(10-8-14)13-17-11-12-19-21(18-5-3-4-6-20(18)27-22(17)19)24(30)32-15(2)23(29)28-25(26)31/h3-10,13,15H,11-12H2,1-2H3,(H3,26,28,29,31)/b17-13+. The van der Waals surface area contributed by atoms with Crippen LogP contribution in [0.1, 0.15) is 46.1 Å². The van der Waals surface area contributed by atoms with Crippen molar-refractivity contribution < 1.29 is 19.1 Å². The number of allylic oxidation sites excluding steroid dienone is 1. The molecule has 162 valence electrons. The van der Waals surface area contributed by atoms with Crippen LogP contribution in [0.3, 0.4) is 0 Å². The third-order valence-electron chi connectivity index (χ3n) is 5.46. The van der Waals surface area contributed by atoms with Crippen LogP contribution in [0.4, 0.5) is 4.79 Å². The Balaban J connectivity index is 1.75. The fourth-order valence-corrected chi connectivity index (χ4v) is 3.87. The number of primary amides is 1. The summed E-state index contributed by atoms with van der Waals surface area (Å²) in [6.07, 6.45) is 2.29. The van der Waals surface area contributed by atoms with E-state index in [0.717, 1.165) is 28.8 Å². The number of nitrogens with zero attached hydrogens (tertiary/aromatic N) is 1. The molecule has 1 heterocycles. The molecular weight excluding hydrogens is 406 g/mol. The molecule has 1 atom stereocenters. The summed E-state index contributed by atoms with van der Waals surface area (Å²) in [5.41, 5.74) is 10.9. The monoisotopic (exact) mass is 429 g/mol. The smallest absolute Gasteiger partial charge is 0.339 e. The molecule has 32 heavy (non-hydrogen) atoms. The van der Waals surface area contributed by atoms with E-state index in [9.17, 15) is 14.4 Å². The number of amides is 3. The van der Waals surface area contributed by atoms with Crippen LogP contribution in [0.25, 0.3) is 22.6 Å². The average Bonchev–Trinajstić information content (AvgIpc) is 3.15. The second kappa shape index (κ2) is 8.63. The molecule has 1 unspecified atom stereocenters. The number of pyridine rings is 1. The highest BCUT2D eigenvalue weighted by molar-refractivity contribution is 6.08. The number of fused-ring (bicyclic) bond motifs is 2. The number of hydrogen-bond donors (Lipinski definition) is 2. The molecule has 0 saturated carbocycles. The summed E-state index contributed by atoms with van der Waals surface area (Å²) in [7, 11) is 0. The molecule has 3 amide bonds. The quantitative estimate of drug-likeness (QED) is 0.613. The van der Waals surface area contributed by atoms with Crippen molar-refractivity contribution in [2.24, 2.45) is 5.73 Å². The Labute approximate surface area is 185 Å². The third-order valence-corrected chi connectivity index (χ3v) is 5.46. The first-order valence-electron chi connectivity index (χ1n) is 10.3. The summed E-state index contributed by atoms with van der Waals surface area (Å²) >= 11 is 0. The number of aryl methyl sites for hydroxylation is 1. The zero-order chi connectivity index (χ0) is 22.8. The molecule has 0 bridgehead atoms. The third kappa shape index (κ3) is 4.23. The second-order valence-electron chi connectivity index (χ2n) is 7.81. The number of nitrogens with one attached hydrogen (secondary N) is 1. The Bertz CT molecular complexity index is 1260. The molecule has 7 heteroatoms. The zero-order valence-corrected chi connectivity index (χ0v) is 17.8. The number of urea groups is 1. The van der Waals surface area contributed by atoms with E-state index in [-0.39, 0.29) is 0 Å². The van der Waals surface area contributed by atoms with Gasteiger partial charge in [0.1, 0.15) is 0 Å². The van der Waals surface area contributed by atoms with Crippen molar-refractivity contribution in [2.75, 3.05) is 0 Å². The predicted octanol–water partition coefficient (Wildman–Crippen LogP) is 3.77. The van der Waals surface area contributed by atoms with Gasteiger partial charge in [0.15, 0.2) is 6.10 Å². The maximum atomic E-state index is 13.2. The van der Waals surface area contributed by atoms with Crippen LogP contribution in [0.2, 0.25) is 0 Å². The maximum Gasteiger partial charge on any atom is 0.339 e. The molecule has 7 nitrogen and oxygen atoms in total. The number of carbonyl (C=O) groups is 3. The Morgan fingerprint density at radius 3 is 2.53 bits per heavy atom. The molecule has 0 radical (unpaired) electrons. The first kappa shape index (κ1) is 21.2. The van der Waals surface area contributed by atoms with Crippen LogP contribution < -0.4 is 11.1 Å². The van der Waals surface area contributed by atoms with Crippen molar-refractivity contribution in [3.05, 3.63) is 76.5 Å². The van der Waals surface area contributed by atoms with E-state index in [4.69, 9.17) is 15.5 Å². The molecule has 0 spiro atoms. The van der Waals surface area contributed by atoms with Gasteiger partial charge in [-0.05, 0) is 55.5 Å². The van der Waals surface area contributed by atoms with E-state index in [1.807, 2.05) is 36.5 Å². The molecule has 0 aliphatic heterocycles. The van der Waals surface area contributed by atoms with Crippen LogP contribution in [-0.2, 0) is 16.0 Å². The number of imide groups is 1. The molecule has 2 aromatic carbocycles. The summed E-state index contributed by atoms with van der Waals surface area (Å²) in [5, 5.41) is 2.59. The van der Waals surface area contributed by atoms with Crippen molar-refractivity contribution in [3.63, 3.8) is 0 Å². The SMILES string of the molecule is Cc1ccc(/C=C2\CCc3c2nc2ccccc2c3C(=O)OC(C)C(=O)NC(N)=O)cc1. The molecule has 1 aliphatic carbocycles. The molecule has 0 fully saturated rings. The van der Waals surface area contributed by atoms with Crippen molar-refractivity contribution in [1.29, 1.82) is 0 Å². The molecule has 1 aliphatic rings. The Morgan fingerprint density at radius 2 is 1.81 bits per heavy atom. The predicted molar refractivity (Wildman–Crippen MR) is 122 cm³/mol. The molecular formula is C25H23N3O4. The first-order chi connectivity index (χ1) is 15.3. The first-order valence-corrected chi connectivity index (χ1v) is 10.3. The fourth-order valence-electron chi connectivity index (χ4n) is 3.87. The van der Waals surface area contributed by atoms with Crippen molar-refractivity contribution >= 4 is 40.5 Å². The number of hydrogen-bond acceptors (Lipinski definition) is 5. The highest BCUT2D eigenvalue weighted by atomic mass is 16.5. The summed E-state index contributed by atoms with van der Waals surface area (Å²) in [6.45, 7) is 3.43. The van der Waals surface area contributed by atoms with Crippen LogP contribution >= 0.6 is 0 Å². The number of rotatable bonds is 4. The van der Waals surface area contributed by atoms with Gasteiger partial charge < -0.3 is 10.5 Å². The van der Waals surface area contributed by atoms with E-state index in [1.54, 1.807) is 0 Å². The summed E-state index contributed by atoms with van der Waals surface area (Å²) in [6, 6.07) is 14.6. The van der Waals surface area contributed by atoms with Crippen molar-refractivity contribution in [1.82, 2.24) is 10.3 Å². The summed E-state index contributed by atoms with van der Waals surface area (Å²) in [5.74, 6) is -1.41. The van der Waals surface area contributed by atoms with Gasteiger partial charge in [0.25, 0.3) is 5.91 Å². The van der Waals surface area contributed by atoms with E-state index >= 15 is 0 Å². The van der Waals surface area contributed by atoms with Crippen molar-refractivity contribution in [3.8, 4) is 0 Å². The molecule has 3 N–H and O–H groups in total. The van der Waals surface area contributed by atoms with Crippen LogP contribution in [0.5, 0.6) is 0 Å². The molecule has 1 aromatic heterocycles. The topological polar surface area (TPSA) is 111 Å². The van der Waals surface area contributed by atoms with Gasteiger partial charge in [0.05, 0.1) is 16.8 Å². The van der Waals surface area contributed by atoms with Crippen molar-refractivity contribution in [2.45, 2.75) is 32.8 Å². The molecule has 4 rings (SSSR count). The van der Waals surface area contributed by atoms with Gasteiger partial charge in [-0.1, -0.05) is 48.0 Å². The minimum atomic E-state index is -1.18. The summed E-state index contributed by atoms with van der Waals surface area (Å²) < 4.78 is 5.39. The largest absolute Gasteiger partial charge is 0.449 e. The van der Waals surface area contributed by atoms with E-state index < -0.39 is 24.0 Å². The van der Waals surface area contributed by atoms with E-state index in [2.05, 4.69) is 30.3 Å². The Morgan fingerprint density at radius 1 is 1.09 bits per heavy atom. The molecule has 3 aromatic rings. The Kier molecular flexibility index (Phi) is 5.73. The number of carbonyl (C=O) groups excluding carboxylic acids is 3. The minimum absolute atomic E-state index is 0.400. The van der Waals surface area contributed by atoms with Crippen LogP contribution in [-0.4, -0.2) is 29.0 Å². The zero-order valence-electron chi connectivity index (χ0n) is 17.8. The number of aromatic nitrogens is 1. The normalized spacial score (nSPS) is 14.8. The summed E-state index contributed by atoms with van der Waals surface area (Å²) in [4.78, 5) is 40.9. The van der Waals surface area contributed by atoms with E-state index in [1.165, 1.54) is 12.5 Å². The van der Waals surface area contributed by atoms with Gasteiger partial charge in [-0.25, -0.2) is 14.6 Å². The minimum Gasteiger partial charge on any atom is -0.449 e. The van der Waals surface area contributed by atoms with E-state index in [0.29, 0.717) is 22.9 Å². The number of esters is 1. The lowest BCUT2D eigenvalue weighted by atomic mass is 10.0. The molecule has 0 saturated heterocycles. The van der Waals surface area contributed by atoms with Gasteiger partial charge in [-0.2, -0.15) is 0 Å². The number of benzene rings is 2. The van der Waals surface area contributed by atoms with Gasteiger partial charge in [-0.3, -0.25) is 10.1 Å². The van der Waals surface area contributed by atoms with Gasteiger partial charge >= 0.3 is 12.0 Å². The second-order valence-corrected chi connectivity index (χ2v) is 7.81. The highest BCUT2D eigenvalue weighted by Gasteiger charge is 2.29. The van der Waals surface area contributed by atoms with Gasteiger partial charge in [0, 0.05) is 5.39 Å². The number of ether oxygens (including phenoxy) is 1. The van der Waals surface area contributed by atoms with Gasteiger partial charge in [0.2, 0.25) is 0 Å². The fraction of sp³-hybridized carbons (Fsp3) is 0.200. The maximum absolute atomic E-state index is 13.2. The van der Waals surface area contributed by atoms with Gasteiger partial charge in [-0.15, -0.1) is 0 Å². The Hall–Kier alpha value is -4.00. The lowest BCUT2D eigenvalue weighted by Gasteiger charge is -2.15. The number of nitrogens with two attached hydrogens (primary N) is 1. The van der Waals surface area contributed by atoms with Crippen LogP contribution in [0.15, 0.2) is 48.5 Å². The number of para-hydroxylation sites is 1. The average molecular weight is 429 g/mol. The van der Waals surface area contributed by atoms with Crippen LogP contribution in [0, 0.1) is 6.92 Å².